The lowest BCUT2D eigenvalue weighted by atomic mass is 9.92. The third-order valence-corrected chi connectivity index (χ3v) is 5.27. The first-order chi connectivity index (χ1) is 13.0. The lowest BCUT2D eigenvalue weighted by Crippen LogP contribution is -2.39. The van der Waals surface area contributed by atoms with Crippen LogP contribution in [0.3, 0.4) is 0 Å². The molecule has 0 aliphatic carbocycles. The van der Waals surface area contributed by atoms with Gasteiger partial charge in [0.15, 0.2) is 5.82 Å². The fourth-order valence-corrected chi connectivity index (χ4v) is 3.84. The summed E-state index contributed by atoms with van der Waals surface area (Å²) < 4.78 is 5.05. The Morgan fingerprint density at radius 2 is 1.93 bits per heavy atom. The molecule has 2 aromatic heterocycles. The van der Waals surface area contributed by atoms with E-state index in [9.17, 15) is 4.79 Å². The van der Waals surface area contributed by atoms with Crippen LogP contribution in [0.15, 0.2) is 28.8 Å². The predicted octanol–water partition coefficient (Wildman–Crippen LogP) is 3.64. The Morgan fingerprint density at radius 1 is 1.15 bits per heavy atom. The molecule has 0 saturated carbocycles. The molecule has 1 aliphatic rings. The molecule has 1 amide bonds. The van der Waals surface area contributed by atoms with Crippen molar-refractivity contribution in [2.24, 2.45) is 5.92 Å². The van der Waals surface area contributed by atoms with E-state index in [1.807, 2.05) is 36.9 Å². The predicted molar refractivity (Wildman–Crippen MR) is 103 cm³/mol. The summed E-state index contributed by atoms with van der Waals surface area (Å²) >= 11 is 0. The van der Waals surface area contributed by atoms with Crippen LogP contribution in [0, 0.1) is 26.7 Å². The Hall–Kier alpha value is -2.76. The van der Waals surface area contributed by atoms with Gasteiger partial charge in [-0.15, -0.1) is 0 Å². The number of aromatic nitrogens is 3. The smallest absolute Gasteiger partial charge is 0.254 e. The molecule has 0 N–H and O–H groups in total. The Bertz CT molecular complexity index is 987. The molecule has 1 saturated heterocycles. The van der Waals surface area contributed by atoms with Gasteiger partial charge in [0.25, 0.3) is 5.91 Å². The van der Waals surface area contributed by atoms with Crippen molar-refractivity contribution in [2.75, 3.05) is 13.1 Å². The van der Waals surface area contributed by atoms with Crippen LogP contribution in [0.4, 0.5) is 0 Å². The Labute approximate surface area is 158 Å². The molecular weight excluding hydrogens is 340 g/mol. The highest BCUT2D eigenvalue weighted by Crippen LogP contribution is 2.25. The molecule has 0 unspecified atom stereocenters. The molecule has 3 heterocycles. The van der Waals surface area contributed by atoms with Crippen LogP contribution in [0.1, 0.15) is 46.2 Å². The van der Waals surface area contributed by atoms with Gasteiger partial charge in [-0.2, -0.15) is 4.98 Å². The first-order valence-corrected chi connectivity index (χ1v) is 9.46. The van der Waals surface area contributed by atoms with Crippen LogP contribution < -0.4 is 0 Å². The molecule has 0 atom stereocenters. The number of carbonyl (C=O) groups excluding carboxylic acids is 1. The molecule has 0 radical (unpaired) electrons. The number of likely N-dealkylation sites (tertiary alicyclic amines) is 1. The van der Waals surface area contributed by atoms with Gasteiger partial charge in [-0.1, -0.05) is 16.8 Å². The van der Waals surface area contributed by atoms with Gasteiger partial charge in [0.1, 0.15) is 0 Å². The highest BCUT2D eigenvalue weighted by Gasteiger charge is 2.26. The maximum Gasteiger partial charge on any atom is 0.254 e. The van der Waals surface area contributed by atoms with E-state index >= 15 is 0 Å². The normalized spacial score (nSPS) is 15.4. The van der Waals surface area contributed by atoms with Crippen molar-refractivity contribution in [1.82, 2.24) is 20.0 Å². The van der Waals surface area contributed by atoms with E-state index in [4.69, 9.17) is 4.52 Å². The van der Waals surface area contributed by atoms with Crippen molar-refractivity contribution in [3.8, 4) is 0 Å². The number of hydrogen-bond donors (Lipinski definition) is 0. The number of carbonyl (C=O) groups is 1. The first kappa shape index (κ1) is 17.6. The maximum atomic E-state index is 13.2. The standard InChI is InChI=1S/C21H24N4O2/c1-13-4-5-19-17(10-13)18(11-14(2)22-19)21(26)25-8-6-16(7-9-25)12-20-23-15(3)27-24-20/h4-5,10-11,16H,6-9,12H2,1-3H3. The lowest BCUT2D eigenvalue weighted by Gasteiger charge is -2.32. The van der Waals surface area contributed by atoms with Crippen molar-refractivity contribution < 1.29 is 9.32 Å². The molecule has 27 heavy (non-hydrogen) atoms. The highest BCUT2D eigenvalue weighted by atomic mass is 16.5. The van der Waals surface area contributed by atoms with Gasteiger partial charge < -0.3 is 9.42 Å². The fourth-order valence-electron chi connectivity index (χ4n) is 3.84. The van der Waals surface area contributed by atoms with Crippen molar-refractivity contribution in [2.45, 2.75) is 40.0 Å². The molecular formula is C21H24N4O2. The van der Waals surface area contributed by atoms with Gasteiger partial charge in [0.2, 0.25) is 5.89 Å². The summed E-state index contributed by atoms with van der Waals surface area (Å²) in [7, 11) is 0. The van der Waals surface area contributed by atoms with Crippen molar-refractivity contribution in [3.63, 3.8) is 0 Å². The van der Waals surface area contributed by atoms with Gasteiger partial charge >= 0.3 is 0 Å². The Balaban J connectivity index is 1.49. The summed E-state index contributed by atoms with van der Waals surface area (Å²) in [5, 5.41) is 4.93. The van der Waals surface area contributed by atoms with Crippen molar-refractivity contribution in [1.29, 1.82) is 0 Å². The number of fused-ring (bicyclic) bond motifs is 1. The third kappa shape index (κ3) is 3.70. The van der Waals surface area contributed by atoms with Gasteiger partial charge in [0.05, 0.1) is 11.1 Å². The zero-order valence-electron chi connectivity index (χ0n) is 16.0. The van der Waals surface area contributed by atoms with Crippen molar-refractivity contribution in [3.05, 3.63) is 52.8 Å². The molecule has 6 heteroatoms. The molecule has 0 bridgehead atoms. The molecule has 0 spiro atoms. The summed E-state index contributed by atoms with van der Waals surface area (Å²) in [4.78, 5) is 24.0. The van der Waals surface area contributed by atoms with Crippen LogP contribution in [-0.4, -0.2) is 39.0 Å². The minimum atomic E-state index is 0.102. The van der Waals surface area contributed by atoms with Crippen LogP contribution >= 0.6 is 0 Å². The van der Waals surface area contributed by atoms with Crippen LogP contribution in [0.2, 0.25) is 0 Å². The van der Waals surface area contributed by atoms with E-state index < -0.39 is 0 Å². The minimum Gasteiger partial charge on any atom is -0.340 e. The quantitative estimate of drug-likeness (QED) is 0.709. The monoisotopic (exact) mass is 364 g/mol. The Morgan fingerprint density at radius 3 is 2.63 bits per heavy atom. The first-order valence-electron chi connectivity index (χ1n) is 9.46. The Kier molecular flexibility index (Phi) is 4.64. The molecule has 4 rings (SSSR count). The molecule has 3 aromatic rings. The fraction of sp³-hybridized carbons (Fsp3) is 0.429. The highest BCUT2D eigenvalue weighted by molar-refractivity contribution is 6.06. The molecule has 140 valence electrons. The van der Waals surface area contributed by atoms with E-state index in [1.165, 1.54) is 0 Å². The number of amides is 1. The van der Waals surface area contributed by atoms with Gasteiger partial charge in [-0.3, -0.25) is 9.78 Å². The SMILES string of the molecule is Cc1ccc2nc(C)cc(C(=O)N3CCC(Cc4noc(C)n4)CC3)c2c1. The van der Waals surface area contributed by atoms with Gasteiger partial charge in [-0.05, 0) is 50.8 Å². The second kappa shape index (κ2) is 7.10. The second-order valence-corrected chi connectivity index (χ2v) is 7.50. The molecule has 1 aliphatic heterocycles. The average Bonchev–Trinajstić information content (AvgIpc) is 3.06. The molecule has 6 nitrogen and oxygen atoms in total. The zero-order chi connectivity index (χ0) is 19.0. The summed E-state index contributed by atoms with van der Waals surface area (Å²) in [5.74, 6) is 1.96. The number of aryl methyl sites for hydroxylation is 3. The number of nitrogens with zero attached hydrogens (tertiary/aromatic N) is 4. The largest absolute Gasteiger partial charge is 0.340 e. The number of hydrogen-bond acceptors (Lipinski definition) is 5. The summed E-state index contributed by atoms with van der Waals surface area (Å²) in [5.41, 5.74) is 3.65. The van der Waals surface area contributed by atoms with Crippen LogP contribution in [-0.2, 0) is 6.42 Å². The molecule has 1 aromatic carbocycles. The third-order valence-electron chi connectivity index (χ3n) is 5.27. The van der Waals surface area contributed by atoms with Crippen LogP contribution in [0.25, 0.3) is 10.9 Å². The van der Waals surface area contributed by atoms with E-state index in [1.54, 1.807) is 6.92 Å². The zero-order valence-corrected chi connectivity index (χ0v) is 16.0. The maximum absolute atomic E-state index is 13.2. The number of benzene rings is 1. The van der Waals surface area contributed by atoms with Crippen LogP contribution in [0.5, 0.6) is 0 Å². The topological polar surface area (TPSA) is 72.1 Å². The number of rotatable bonds is 3. The summed E-state index contributed by atoms with van der Waals surface area (Å²) in [6, 6.07) is 8.00. The summed E-state index contributed by atoms with van der Waals surface area (Å²) in [6.45, 7) is 7.30. The lowest BCUT2D eigenvalue weighted by molar-refractivity contribution is 0.0691. The van der Waals surface area contributed by atoms with E-state index in [0.29, 0.717) is 11.8 Å². The second-order valence-electron chi connectivity index (χ2n) is 7.50. The minimum absolute atomic E-state index is 0.102. The van der Waals surface area contributed by atoms with E-state index in [0.717, 1.165) is 65.9 Å². The number of piperidine rings is 1. The van der Waals surface area contributed by atoms with Gasteiger partial charge in [0, 0.05) is 37.5 Å². The van der Waals surface area contributed by atoms with Crippen molar-refractivity contribution >= 4 is 16.8 Å². The summed E-state index contributed by atoms with van der Waals surface area (Å²) in [6.07, 6.45) is 2.73. The average molecular weight is 364 g/mol. The van der Waals surface area contributed by atoms with E-state index in [-0.39, 0.29) is 5.91 Å². The van der Waals surface area contributed by atoms with E-state index in [2.05, 4.69) is 21.2 Å². The van der Waals surface area contributed by atoms with Gasteiger partial charge in [-0.25, -0.2) is 0 Å². The molecule has 1 fully saturated rings. The number of pyridine rings is 1.